The molecule has 2 aromatic carbocycles. The maximum absolute atomic E-state index is 4.95. The molecule has 2 aromatic rings. The predicted octanol–water partition coefficient (Wildman–Crippen LogP) is 14.6. The highest BCUT2D eigenvalue weighted by Gasteiger charge is 2.49. The van der Waals surface area contributed by atoms with E-state index in [0.29, 0.717) is 53.4 Å². The van der Waals surface area contributed by atoms with Crippen LogP contribution < -0.4 is 10.9 Å². The van der Waals surface area contributed by atoms with Crippen LogP contribution >= 0.6 is 0 Å². The summed E-state index contributed by atoms with van der Waals surface area (Å²) in [6, 6.07) is 15.5. The van der Waals surface area contributed by atoms with E-state index in [1.54, 1.807) is 28.0 Å². The van der Waals surface area contributed by atoms with E-state index in [4.69, 9.17) is 9.90 Å². The van der Waals surface area contributed by atoms with Crippen molar-refractivity contribution < 1.29 is 4.79 Å². The van der Waals surface area contributed by atoms with E-state index in [2.05, 4.69) is 140 Å². The van der Waals surface area contributed by atoms with E-state index in [0.717, 1.165) is 38.5 Å². The number of hydrazine groups is 1. The summed E-state index contributed by atoms with van der Waals surface area (Å²) in [7, 11) is 0. The molecule has 0 aromatic heterocycles. The van der Waals surface area contributed by atoms with Gasteiger partial charge in [0.25, 0.3) is 0 Å². The molecule has 67 heavy (non-hydrogen) atoms. The number of nitrogens with one attached hydrogen (secondary N) is 2. The first-order chi connectivity index (χ1) is 33.1. The number of hydrogen-bond acceptors (Lipinski definition) is 3. The van der Waals surface area contributed by atoms with E-state index in [9.17, 15) is 0 Å². The van der Waals surface area contributed by atoms with Crippen LogP contribution in [0.25, 0.3) is 23.3 Å². The van der Waals surface area contributed by atoms with E-state index in [-0.39, 0.29) is 11.5 Å². The first-order valence-electron chi connectivity index (χ1n) is 27.1. The zero-order valence-electron chi connectivity index (χ0n) is 40.2. The minimum Gasteiger partial charge on any atom is -0.325 e. The van der Waals surface area contributed by atoms with Gasteiger partial charge < -0.3 is 5.43 Å². The lowest BCUT2D eigenvalue weighted by Gasteiger charge is -2.44. The molecule has 0 bridgehead atoms. The Hall–Kier alpha value is -5.02. The highest BCUT2D eigenvalue weighted by Crippen LogP contribution is 2.55. The average Bonchev–Trinajstić information content (AvgIpc) is 4.09. The fourth-order valence-corrected chi connectivity index (χ4v) is 15.8. The summed E-state index contributed by atoms with van der Waals surface area (Å²) in [5, 5.41) is 4.95. The molecule has 4 heteroatoms. The van der Waals surface area contributed by atoms with Gasteiger partial charge in [-0.15, -0.1) is 0 Å². The molecule has 9 aliphatic carbocycles. The average molecular weight is 884 g/mol. The van der Waals surface area contributed by atoms with Crippen LogP contribution in [0, 0.1) is 47.3 Å². The molecule has 11 aliphatic rings. The van der Waals surface area contributed by atoms with Gasteiger partial charge in [0.15, 0.2) is 6.04 Å². The summed E-state index contributed by atoms with van der Waals surface area (Å²) in [6.07, 6.45) is 53.2. The predicted molar refractivity (Wildman–Crippen MR) is 276 cm³/mol. The van der Waals surface area contributed by atoms with Gasteiger partial charge in [-0.2, -0.15) is 0 Å². The van der Waals surface area contributed by atoms with Gasteiger partial charge in [0, 0.05) is 27.9 Å². The molecular formula is C63H71N4+. The van der Waals surface area contributed by atoms with Gasteiger partial charge in [0.1, 0.15) is 5.92 Å². The highest BCUT2D eigenvalue weighted by molar-refractivity contribution is 5.86. The first-order valence-corrected chi connectivity index (χ1v) is 27.1. The summed E-state index contributed by atoms with van der Waals surface area (Å²) in [5.41, 5.74) is 28.7. The molecular weight excluding hydrogens is 813 g/mol. The van der Waals surface area contributed by atoms with Gasteiger partial charge in [-0.3, -0.25) is 0 Å². The van der Waals surface area contributed by atoms with Gasteiger partial charge >= 0.3 is 5.71 Å². The zero-order valence-corrected chi connectivity index (χ0v) is 40.2. The second-order valence-corrected chi connectivity index (χ2v) is 22.4. The number of hydrogen-bond donors (Lipinski definition) is 2. The van der Waals surface area contributed by atoms with Crippen LogP contribution in [0.3, 0.4) is 0 Å². The van der Waals surface area contributed by atoms with Crippen LogP contribution in [0.15, 0.2) is 147 Å². The smallest absolute Gasteiger partial charge is 0.325 e. The molecule has 13 rings (SSSR count). The Kier molecular flexibility index (Phi) is 10.8. The summed E-state index contributed by atoms with van der Waals surface area (Å²) >= 11 is 0. The SMILES string of the molecule is CCC1(CC)c2cc(C=CC3=CC4=C(CC3)CC(C3=C5CCCCC5NN3)C3C=CCCC43)ccc2-c2ccc(C=CC3=CC4C(C=C(C5N=[N+]=C6CCC=CC65)C5CCC=CC54)CC3)cc21. The third-order valence-electron chi connectivity index (χ3n) is 19.3. The monoisotopic (exact) mass is 884 g/mol. The minimum atomic E-state index is 0.0264. The lowest BCUT2D eigenvalue weighted by Crippen LogP contribution is -2.39. The molecule has 342 valence electrons. The quantitative estimate of drug-likeness (QED) is 0.205. The molecule has 1 saturated carbocycles. The first kappa shape index (κ1) is 42.1. The maximum atomic E-state index is 4.95. The number of nitrogens with zero attached hydrogens (tertiary/aromatic N) is 2. The maximum Gasteiger partial charge on any atom is 0.328 e. The number of fused-ring (bicyclic) bond motifs is 10. The van der Waals surface area contributed by atoms with E-state index < -0.39 is 0 Å². The van der Waals surface area contributed by atoms with E-state index in [1.807, 2.05) is 0 Å². The lowest BCUT2D eigenvalue weighted by atomic mass is 9.59. The molecule has 0 radical (unpaired) electrons. The molecule has 2 heterocycles. The summed E-state index contributed by atoms with van der Waals surface area (Å²) < 4.78 is 0. The van der Waals surface area contributed by atoms with Crippen LogP contribution in [-0.2, 0) is 5.41 Å². The van der Waals surface area contributed by atoms with Crippen molar-refractivity contribution in [2.24, 2.45) is 52.5 Å². The number of benzene rings is 2. The van der Waals surface area contributed by atoms with Gasteiger partial charge in [-0.25, -0.2) is 5.43 Å². The van der Waals surface area contributed by atoms with Gasteiger partial charge in [-0.05, 0) is 187 Å². The van der Waals surface area contributed by atoms with Gasteiger partial charge in [0.2, 0.25) is 0 Å². The second-order valence-electron chi connectivity index (χ2n) is 22.4. The number of rotatable bonds is 8. The van der Waals surface area contributed by atoms with Crippen molar-refractivity contribution >= 4 is 17.9 Å². The standard InChI is InChI=1S/C63H70N4/c1-3-63(4-2)57-35-41(23-21-39-25-29-43-37-55(47-15-7-5-13-45(47)53(43)33-39)61-51-17-9-11-19-59(51)64-66-61)27-31-49(57)50-32-28-42(36-58(50)63)24-22-40-26-30-44-38-56(48-16-8-6-14-46(48)54(44)34-40)62-52-18-10-12-20-60(52)65-67-62/h5,8-9,13,16-17,21-24,27-28,31-37,43,45-48,51,53,56,60-61,66H,3-4,6-7,10-12,14-15,18-20,25-26,29-30,38H2,1-2H3/p+1. The Morgan fingerprint density at radius 2 is 1.45 bits per heavy atom. The van der Waals surface area contributed by atoms with Crippen molar-refractivity contribution in [2.75, 3.05) is 0 Å². The Morgan fingerprint density at radius 1 is 0.687 bits per heavy atom. The molecule has 10 atom stereocenters. The van der Waals surface area contributed by atoms with Crippen molar-refractivity contribution in [3.8, 4) is 11.1 Å². The fraction of sp³-hybridized carbons (Fsp3) is 0.476. The Bertz CT molecular complexity index is 2760. The summed E-state index contributed by atoms with van der Waals surface area (Å²) in [5.74, 6) is 4.55. The van der Waals surface area contributed by atoms with Crippen molar-refractivity contribution in [1.29, 1.82) is 0 Å². The Morgan fingerprint density at radius 3 is 2.25 bits per heavy atom. The van der Waals surface area contributed by atoms with Crippen LogP contribution in [0.2, 0.25) is 0 Å². The summed E-state index contributed by atoms with van der Waals surface area (Å²) in [6.45, 7) is 4.83. The van der Waals surface area contributed by atoms with E-state index >= 15 is 0 Å². The van der Waals surface area contributed by atoms with Gasteiger partial charge in [0.05, 0.1) is 11.5 Å². The van der Waals surface area contributed by atoms with Crippen molar-refractivity contribution in [2.45, 2.75) is 141 Å². The van der Waals surface area contributed by atoms with Crippen molar-refractivity contribution in [3.63, 3.8) is 0 Å². The Balaban J connectivity index is 0.736. The molecule has 1 fully saturated rings. The molecule has 10 unspecified atom stereocenters. The van der Waals surface area contributed by atoms with Crippen molar-refractivity contribution in [1.82, 2.24) is 10.9 Å². The molecule has 2 N–H and O–H groups in total. The third kappa shape index (κ3) is 7.09. The lowest BCUT2D eigenvalue weighted by molar-refractivity contribution is -0.0851. The van der Waals surface area contributed by atoms with Gasteiger partial charge in [-0.1, -0.05) is 147 Å². The molecule has 0 saturated heterocycles. The third-order valence-corrected chi connectivity index (χ3v) is 19.3. The number of allylic oxidation sites excluding steroid dienone is 15. The topological polar surface area (TPSA) is 50.5 Å². The van der Waals surface area contributed by atoms with Crippen LogP contribution in [-0.4, -0.2) is 22.6 Å². The summed E-state index contributed by atoms with van der Waals surface area (Å²) in [4.78, 5) is 4.74. The molecule has 2 aliphatic heterocycles. The molecule has 0 amide bonds. The minimum absolute atomic E-state index is 0.0264. The van der Waals surface area contributed by atoms with E-state index in [1.165, 1.54) is 121 Å². The molecule has 0 spiro atoms. The normalized spacial score (nSPS) is 34.1. The molecule has 4 nitrogen and oxygen atoms in total. The van der Waals surface area contributed by atoms with Crippen LogP contribution in [0.4, 0.5) is 0 Å². The Labute approximate surface area is 400 Å². The van der Waals surface area contributed by atoms with Crippen molar-refractivity contribution in [3.05, 3.63) is 165 Å². The van der Waals surface area contributed by atoms with Crippen LogP contribution in [0.5, 0.6) is 0 Å². The second kappa shape index (κ2) is 17.2. The fourth-order valence-electron chi connectivity index (χ4n) is 15.8. The van der Waals surface area contributed by atoms with Crippen LogP contribution in [0.1, 0.15) is 145 Å². The zero-order chi connectivity index (χ0) is 44.6. The highest BCUT2D eigenvalue weighted by atomic mass is 15.4. The largest absolute Gasteiger partial charge is 0.328 e.